The lowest BCUT2D eigenvalue weighted by Crippen LogP contribution is -2.15. The summed E-state index contributed by atoms with van der Waals surface area (Å²) in [7, 11) is 0. The largest absolute Gasteiger partial charge is 0.444 e. The third kappa shape index (κ3) is 2.41. The lowest BCUT2D eigenvalue weighted by atomic mass is 10.0. The van der Waals surface area contributed by atoms with Gasteiger partial charge in [-0.25, -0.2) is 0 Å². The van der Waals surface area contributed by atoms with Gasteiger partial charge in [0.05, 0.1) is 5.52 Å². The van der Waals surface area contributed by atoms with Crippen molar-refractivity contribution in [2.75, 3.05) is 6.00 Å². The molecule has 3 N–H and O–H groups in total. The van der Waals surface area contributed by atoms with Crippen molar-refractivity contribution in [1.29, 1.82) is 0 Å². The number of aromatic nitrogens is 2. The van der Waals surface area contributed by atoms with Crippen LogP contribution in [-0.4, -0.2) is 33.4 Å². The third-order valence-electron chi connectivity index (χ3n) is 3.16. The lowest BCUT2D eigenvalue weighted by Gasteiger charge is -2.06. The summed E-state index contributed by atoms with van der Waals surface area (Å²) in [5.74, 6) is 5.47. The molecule has 0 unspecified atom stereocenters. The van der Waals surface area contributed by atoms with Crippen molar-refractivity contribution in [1.82, 2.24) is 10.2 Å². The minimum atomic E-state index is 0.431. The van der Waals surface area contributed by atoms with Crippen LogP contribution in [0.25, 0.3) is 22.2 Å². The second-order valence-electron chi connectivity index (χ2n) is 4.48. The Balaban J connectivity index is 1.95. The summed E-state index contributed by atoms with van der Waals surface area (Å²) in [5.41, 5.74) is 3.66. The number of nitrogens with one attached hydrogen (secondary N) is 1. The molecule has 1 aromatic heterocycles. The summed E-state index contributed by atoms with van der Waals surface area (Å²) in [6.45, 7) is 3.84. The van der Waals surface area contributed by atoms with Crippen molar-refractivity contribution < 1.29 is 9.31 Å². The minimum Gasteiger partial charge on any atom is -0.444 e. The number of allylic oxidation sites excluding steroid dienone is 1. The molecular formula is C14H13ClN5O+. The highest BCUT2D eigenvalue weighted by Crippen LogP contribution is 2.27. The van der Waals surface area contributed by atoms with Crippen molar-refractivity contribution in [3.05, 3.63) is 42.2 Å². The Morgan fingerprint density at radius 3 is 3.10 bits per heavy atom. The summed E-state index contributed by atoms with van der Waals surface area (Å²) >= 11 is 5.73. The number of hydrogen-bond acceptors (Lipinski definition) is 4. The van der Waals surface area contributed by atoms with Crippen LogP contribution < -0.4 is 5.84 Å². The Bertz CT molecular complexity index is 803. The number of H-pyrrole nitrogens is 1. The highest BCUT2D eigenvalue weighted by atomic mass is 35.5. The first-order valence-electron chi connectivity index (χ1n) is 6.17. The highest BCUT2D eigenvalue weighted by Gasteiger charge is 2.22. The first kappa shape index (κ1) is 13.4. The maximum absolute atomic E-state index is 5.73. The Morgan fingerprint density at radius 2 is 2.38 bits per heavy atom. The molecule has 0 atom stereocenters. The van der Waals surface area contributed by atoms with Gasteiger partial charge in [0.2, 0.25) is 6.00 Å². The predicted molar refractivity (Wildman–Crippen MR) is 83.9 cm³/mol. The second-order valence-corrected chi connectivity index (χ2v) is 4.71. The van der Waals surface area contributed by atoms with E-state index in [1.165, 1.54) is 0 Å². The summed E-state index contributed by atoms with van der Waals surface area (Å²) in [4.78, 5) is 0. The SMILES string of the molecule is C=C(OC=NN)c1ccc2[nH]nc(C3=C[N+](CCl)=C3)c2c1. The molecule has 1 aromatic carbocycles. The van der Waals surface area contributed by atoms with E-state index in [2.05, 4.69) is 21.9 Å². The highest BCUT2D eigenvalue weighted by molar-refractivity contribution is 6.19. The first-order valence-corrected chi connectivity index (χ1v) is 6.71. The molecule has 2 heterocycles. The Hall–Kier alpha value is -2.60. The van der Waals surface area contributed by atoms with Crippen LogP contribution in [0.15, 0.2) is 36.1 Å². The number of fused-ring (bicyclic) bond motifs is 1. The van der Waals surface area contributed by atoms with E-state index in [-0.39, 0.29) is 0 Å². The van der Waals surface area contributed by atoms with Crippen molar-refractivity contribution in [2.24, 2.45) is 10.9 Å². The van der Waals surface area contributed by atoms with Gasteiger partial charge in [0.1, 0.15) is 17.0 Å². The topological polar surface area (TPSA) is 79.3 Å². The number of nitrogens with two attached hydrogens (primary N) is 1. The Morgan fingerprint density at radius 1 is 1.57 bits per heavy atom. The third-order valence-corrected chi connectivity index (χ3v) is 3.44. The van der Waals surface area contributed by atoms with E-state index in [9.17, 15) is 0 Å². The number of rotatable bonds is 5. The molecule has 1 aliphatic heterocycles. The molecule has 106 valence electrons. The predicted octanol–water partition coefficient (Wildman–Crippen LogP) is 2.09. The molecule has 0 saturated carbocycles. The zero-order valence-electron chi connectivity index (χ0n) is 11.1. The smallest absolute Gasteiger partial charge is 0.222 e. The molecule has 7 heteroatoms. The van der Waals surface area contributed by atoms with Crippen LogP contribution in [0.5, 0.6) is 0 Å². The summed E-state index contributed by atoms with van der Waals surface area (Å²) in [6, 6.07) is 6.20. The van der Waals surface area contributed by atoms with E-state index in [0.717, 1.165) is 34.1 Å². The van der Waals surface area contributed by atoms with Crippen molar-refractivity contribution >= 4 is 46.5 Å². The number of hydrogen-bond donors (Lipinski definition) is 2. The Labute approximate surface area is 125 Å². The number of halogens is 1. The van der Waals surface area contributed by atoms with Gasteiger partial charge in [-0.15, -0.1) is 0 Å². The van der Waals surface area contributed by atoms with Crippen LogP contribution in [0, 0.1) is 0 Å². The number of alkyl halides is 1. The Kier molecular flexibility index (Phi) is 3.45. The van der Waals surface area contributed by atoms with Gasteiger partial charge in [-0.1, -0.05) is 18.2 Å². The van der Waals surface area contributed by atoms with E-state index < -0.39 is 0 Å². The van der Waals surface area contributed by atoms with Gasteiger partial charge in [0.15, 0.2) is 18.8 Å². The molecule has 3 rings (SSSR count). The molecule has 0 bridgehead atoms. The first-order chi connectivity index (χ1) is 10.2. The zero-order chi connectivity index (χ0) is 14.8. The van der Waals surface area contributed by atoms with Gasteiger partial charge in [0, 0.05) is 10.9 Å². The van der Waals surface area contributed by atoms with Gasteiger partial charge >= 0.3 is 0 Å². The monoisotopic (exact) mass is 302 g/mol. The normalized spacial score (nSPS) is 14.0. The van der Waals surface area contributed by atoms with E-state index in [0.29, 0.717) is 11.8 Å². The van der Waals surface area contributed by atoms with Crippen molar-refractivity contribution in [3.8, 4) is 0 Å². The number of hydrazone groups is 1. The van der Waals surface area contributed by atoms with E-state index in [1.54, 1.807) is 0 Å². The van der Waals surface area contributed by atoms with E-state index >= 15 is 0 Å². The summed E-state index contributed by atoms with van der Waals surface area (Å²) in [5, 5.41) is 11.6. The molecule has 0 amide bonds. The van der Waals surface area contributed by atoms with E-state index in [1.807, 2.05) is 35.2 Å². The molecule has 0 aliphatic carbocycles. The number of nitrogens with zero attached hydrogens (tertiary/aromatic N) is 3. The molecular weight excluding hydrogens is 290 g/mol. The molecule has 2 aromatic rings. The van der Waals surface area contributed by atoms with Crippen LogP contribution in [0.3, 0.4) is 0 Å². The van der Waals surface area contributed by atoms with Gasteiger partial charge in [-0.2, -0.15) is 14.8 Å². The van der Waals surface area contributed by atoms with Gasteiger partial charge in [-0.3, -0.25) is 5.10 Å². The average molecular weight is 303 g/mol. The second kappa shape index (κ2) is 5.41. The maximum Gasteiger partial charge on any atom is 0.222 e. The fraction of sp³-hybridized carbons (Fsp3) is 0.0714. The quantitative estimate of drug-likeness (QED) is 0.130. The molecule has 0 saturated heterocycles. The van der Waals surface area contributed by atoms with Crippen LogP contribution in [-0.2, 0) is 4.74 Å². The maximum atomic E-state index is 5.73. The van der Waals surface area contributed by atoms with Crippen molar-refractivity contribution in [2.45, 2.75) is 0 Å². The van der Waals surface area contributed by atoms with Gasteiger partial charge < -0.3 is 10.6 Å². The van der Waals surface area contributed by atoms with Gasteiger partial charge in [-0.05, 0) is 18.2 Å². The fourth-order valence-electron chi connectivity index (χ4n) is 2.11. The van der Waals surface area contributed by atoms with Gasteiger partial charge in [0.25, 0.3) is 0 Å². The van der Waals surface area contributed by atoms with Crippen molar-refractivity contribution in [3.63, 3.8) is 0 Å². The van der Waals surface area contributed by atoms with Crippen LogP contribution in [0.4, 0.5) is 0 Å². The average Bonchev–Trinajstić information content (AvgIpc) is 2.87. The molecule has 0 fully saturated rings. The molecule has 21 heavy (non-hydrogen) atoms. The number of aromatic amines is 1. The number of ether oxygens (including phenoxy) is 1. The molecule has 0 spiro atoms. The molecule has 0 radical (unpaired) electrons. The van der Waals surface area contributed by atoms with E-state index in [4.69, 9.17) is 22.2 Å². The standard InChI is InChI=1S/C14H13ClN5O/c1-9(21-8-17-16)10-2-3-13-12(4-10)14(19-18-13)11-5-20(6-11)7-15/h2-6,8H,1,7,16H2,(H,18,19)/q+1. The van der Waals surface area contributed by atoms with Crippen LogP contribution in [0.2, 0.25) is 0 Å². The number of benzene rings is 1. The minimum absolute atomic E-state index is 0.431. The summed E-state index contributed by atoms with van der Waals surface area (Å²) in [6.07, 6.45) is 5.03. The molecule has 1 aliphatic rings. The van der Waals surface area contributed by atoms with Crippen LogP contribution >= 0.6 is 11.6 Å². The fourth-order valence-corrected chi connectivity index (χ4v) is 2.24. The van der Waals surface area contributed by atoms with Crippen LogP contribution in [0.1, 0.15) is 11.3 Å². The lowest BCUT2D eigenvalue weighted by molar-refractivity contribution is -0.437. The molecule has 6 nitrogen and oxygen atoms in total. The zero-order valence-corrected chi connectivity index (χ0v) is 11.8. The summed E-state index contributed by atoms with van der Waals surface area (Å²) < 4.78 is 7.06.